The molecule has 2 N–H and O–H groups in total. The van der Waals surface area contributed by atoms with E-state index in [0.29, 0.717) is 11.3 Å². The van der Waals surface area contributed by atoms with Gasteiger partial charge in [0.2, 0.25) is 10.0 Å². The third kappa shape index (κ3) is 4.09. The first-order valence-electron chi connectivity index (χ1n) is 5.94. The molecule has 7 heteroatoms. The Morgan fingerprint density at radius 1 is 1.33 bits per heavy atom. The molecule has 21 heavy (non-hydrogen) atoms. The molecule has 1 heterocycles. The highest BCUT2D eigenvalue weighted by Gasteiger charge is 2.18. The Morgan fingerprint density at radius 2 is 2.14 bits per heavy atom. The van der Waals surface area contributed by atoms with E-state index < -0.39 is 10.0 Å². The smallest absolute Gasteiger partial charge is 0.242 e. The fraction of sp³-hybridized carbons (Fsp3) is 0.143. The molecule has 0 amide bonds. The van der Waals surface area contributed by atoms with E-state index in [4.69, 9.17) is 21.1 Å². The standard InChI is InChI=1S/C14H12ClNO4S/c15-13-9-11(3-1-7-17)5-6-14(13)21(18,19)16-10-12-4-2-8-20-12/h2,4-6,8-9,16-17H,7,10H2. The van der Waals surface area contributed by atoms with Crippen molar-refractivity contribution < 1.29 is 17.9 Å². The summed E-state index contributed by atoms with van der Waals surface area (Å²) in [5.74, 6) is 5.62. The first kappa shape index (κ1) is 15.6. The predicted molar refractivity (Wildman–Crippen MR) is 78.1 cm³/mol. The fourth-order valence-electron chi connectivity index (χ4n) is 1.60. The summed E-state index contributed by atoms with van der Waals surface area (Å²) in [6.45, 7) is -0.236. The van der Waals surface area contributed by atoms with Crippen LogP contribution in [0.15, 0.2) is 45.9 Å². The highest BCUT2D eigenvalue weighted by atomic mass is 35.5. The molecular weight excluding hydrogens is 314 g/mol. The maximum Gasteiger partial charge on any atom is 0.242 e. The highest BCUT2D eigenvalue weighted by Crippen LogP contribution is 2.22. The SMILES string of the molecule is O=S(=O)(NCc1ccco1)c1ccc(C#CCO)cc1Cl. The summed E-state index contributed by atoms with van der Waals surface area (Å²) in [7, 11) is -3.74. The lowest BCUT2D eigenvalue weighted by atomic mass is 10.2. The first-order chi connectivity index (χ1) is 10.0. The van der Waals surface area contributed by atoms with Gasteiger partial charge in [-0.25, -0.2) is 13.1 Å². The van der Waals surface area contributed by atoms with Crippen molar-refractivity contribution in [1.29, 1.82) is 0 Å². The van der Waals surface area contributed by atoms with Gasteiger partial charge in [-0.3, -0.25) is 0 Å². The predicted octanol–water partition coefficient (Wildman–Crippen LogP) is 1.76. The number of aliphatic hydroxyl groups excluding tert-OH is 1. The zero-order chi connectivity index (χ0) is 15.3. The van der Waals surface area contributed by atoms with E-state index in [0.717, 1.165) is 0 Å². The largest absolute Gasteiger partial charge is 0.468 e. The summed E-state index contributed by atoms with van der Waals surface area (Å²) in [5.41, 5.74) is 0.527. The number of halogens is 1. The summed E-state index contributed by atoms with van der Waals surface area (Å²) in [5, 5.41) is 8.68. The molecule has 0 atom stereocenters. The molecule has 0 saturated carbocycles. The van der Waals surface area contributed by atoms with Crippen LogP contribution in [-0.2, 0) is 16.6 Å². The molecule has 0 saturated heterocycles. The minimum Gasteiger partial charge on any atom is -0.468 e. The third-order valence-electron chi connectivity index (χ3n) is 2.55. The molecule has 0 spiro atoms. The van der Waals surface area contributed by atoms with Gasteiger partial charge in [0.25, 0.3) is 0 Å². The summed E-state index contributed by atoms with van der Waals surface area (Å²) < 4.78 is 31.8. The quantitative estimate of drug-likeness (QED) is 0.839. The van der Waals surface area contributed by atoms with Crippen LogP contribution in [0.3, 0.4) is 0 Å². The number of sulfonamides is 1. The molecule has 2 aromatic rings. The van der Waals surface area contributed by atoms with Crippen LogP contribution in [0.25, 0.3) is 0 Å². The zero-order valence-electron chi connectivity index (χ0n) is 10.8. The molecular formula is C14H12ClNO4S. The van der Waals surface area contributed by atoms with Gasteiger partial charge >= 0.3 is 0 Å². The Kier molecular flexibility index (Phi) is 5.04. The maximum atomic E-state index is 12.2. The summed E-state index contributed by atoms with van der Waals surface area (Å²) in [6.07, 6.45) is 1.46. The number of benzene rings is 1. The van der Waals surface area contributed by atoms with Gasteiger partial charge in [-0.2, -0.15) is 0 Å². The van der Waals surface area contributed by atoms with Gasteiger partial charge in [0.1, 0.15) is 17.3 Å². The number of hydrogen-bond donors (Lipinski definition) is 2. The molecule has 0 unspecified atom stereocenters. The topological polar surface area (TPSA) is 79.5 Å². The molecule has 1 aromatic carbocycles. The number of aliphatic hydroxyl groups is 1. The summed E-state index contributed by atoms with van der Waals surface area (Å²) >= 11 is 5.98. The van der Waals surface area contributed by atoms with Crippen molar-refractivity contribution in [3.63, 3.8) is 0 Å². The minimum absolute atomic E-state index is 0.0368. The molecule has 1 aromatic heterocycles. The van der Waals surface area contributed by atoms with Crippen LogP contribution in [0.2, 0.25) is 5.02 Å². The second-order valence-corrected chi connectivity index (χ2v) is 6.15. The van der Waals surface area contributed by atoms with Crippen LogP contribution in [0.5, 0.6) is 0 Å². The molecule has 110 valence electrons. The second kappa shape index (κ2) is 6.78. The van der Waals surface area contributed by atoms with E-state index in [2.05, 4.69) is 16.6 Å². The van der Waals surface area contributed by atoms with Crippen molar-refractivity contribution in [1.82, 2.24) is 4.72 Å². The van der Waals surface area contributed by atoms with Gasteiger partial charge in [0.15, 0.2) is 0 Å². The van der Waals surface area contributed by atoms with E-state index in [9.17, 15) is 8.42 Å². The van der Waals surface area contributed by atoms with Gasteiger partial charge in [-0.15, -0.1) is 0 Å². The normalized spacial score (nSPS) is 11.0. The minimum atomic E-state index is -3.74. The Balaban J connectivity index is 2.19. The van der Waals surface area contributed by atoms with E-state index in [-0.39, 0.29) is 23.1 Å². The van der Waals surface area contributed by atoms with E-state index in [1.54, 1.807) is 12.1 Å². The number of furan rings is 1. The molecule has 0 fully saturated rings. The number of rotatable bonds is 4. The van der Waals surface area contributed by atoms with Gasteiger partial charge in [0, 0.05) is 5.56 Å². The van der Waals surface area contributed by atoms with Crippen LogP contribution < -0.4 is 4.72 Å². The second-order valence-electron chi connectivity index (χ2n) is 4.01. The van der Waals surface area contributed by atoms with Crippen LogP contribution in [0.4, 0.5) is 0 Å². The highest BCUT2D eigenvalue weighted by molar-refractivity contribution is 7.89. The lowest BCUT2D eigenvalue weighted by Crippen LogP contribution is -2.23. The first-order valence-corrected chi connectivity index (χ1v) is 7.80. The summed E-state index contributed by atoms with van der Waals surface area (Å²) in [4.78, 5) is -0.0368. The molecule has 0 aliphatic rings. The number of hydrogen-bond acceptors (Lipinski definition) is 4. The van der Waals surface area contributed by atoms with E-state index >= 15 is 0 Å². The average molecular weight is 326 g/mol. The molecule has 0 bridgehead atoms. The van der Waals surface area contributed by atoms with Crippen molar-refractivity contribution >= 4 is 21.6 Å². The monoisotopic (exact) mass is 325 g/mol. The van der Waals surface area contributed by atoms with Crippen molar-refractivity contribution in [3.05, 3.63) is 52.9 Å². The third-order valence-corrected chi connectivity index (χ3v) is 4.43. The lowest BCUT2D eigenvalue weighted by molar-refractivity contribution is 0.350. The molecule has 0 radical (unpaired) electrons. The molecule has 5 nitrogen and oxygen atoms in total. The molecule has 0 aliphatic carbocycles. The molecule has 0 aliphatic heterocycles. The Morgan fingerprint density at radius 3 is 2.76 bits per heavy atom. The van der Waals surface area contributed by atoms with Crippen molar-refractivity contribution in [2.24, 2.45) is 0 Å². The number of nitrogens with one attached hydrogen (secondary N) is 1. The Bertz CT molecular complexity index is 773. The van der Waals surface area contributed by atoms with Gasteiger partial charge in [-0.1, -0.05) is 23.4 Å². The van der Waals surface area contributed by atoms with Gasteiger partial charge < -0.3 is 9.52 Å². The average Bonchev–Trinajstić information content (AvgIpc) is 2.96. The Labute approximate surface area is 127 Å². The fourth-order valence-corrected chi connectivity index (χ4v) is 3.13. The van der Waals surface area contributed by atoms with Crippen LogP contribution in [0, 0.1) is 11.8 Å². The molecule has 2 rings (SSSR count). The van der Waals surface area contributed by atoms with Gasteiger partial charge in [-0.05, 0) is 30.3 Å². The van der Waals surface area contributed by atoms with E-state index in [1.807, 2.05) is 0 Å². The van der Waals surface area contributed by atoms with Crippen molar-refractivity contribution in [2.75, 3.05) is 6.61 Å². The van der Waals surface area contributed by atoms with Crippen LogP contribution >= 0.6 is 11.6 Å². The van der Waals surface area contributed by atoms with Gasteiger partial charge in [0.05, 0.1) is 17.8 Å². The van der Waals surface area contributed by atoms with E-state index in [1.165, 1.54) is 24.5 Å². The summed E-state index contributed by atoms with van der Waals surface area (Å²) in [6, 6.07) is 7.67. The van der Waals surface area contributed by atoms with Crippen molar-refractivity contribution in [3.8, 4) is 11.8 Å². The zero-order valence-corrected chi connectivity index (χ0v) is 12.4. The Hall–Kier alpha value is -1.78. The van der Waals surface area contributed by atoms with Crippen LogP contribution in [0.1, 0.15) is 11.3 Å². The van der Waals surface area contributed by atoms with Crippen LogP contribution in [-0.4, -0.2) is 20.1 Å². The maximum absolute atomic E-state index is 12.2. The van der Waals surface area contributed by atoms with Crippen molar-refractivity contribution in [2.45, 2.75) is 11.4 Å². The lowest BCUT2D eigenvalue weighted by Gasteiger charge is -2.07.